The van der Waals surface area contributed by atoms with Gasteiger partial charge in [-0.1, -0.05) is 6.92 Å². The summed E-state index contributed by atoms with van der Waals surface area (Å²) >= 11 is 0. The summed E-state index contributed by atoms with van der Waals surface area (Å²) in [4.78, 5) is 24.6. The molecule has 1 saturated heterocycles. The molecule has 16 heavy (non-hydrogen) atoms. The number of amides is 1. The molecule has 0 aromatic rings. The van der Waals surface area contributed by atoms with E-state index in [1.807, 2.05) is 6.92 Å². The Bertz CT molecular complexity index is 304. The van der Waals surface area contributed by atoms with Crippen molar-refractivity contribution in [2.45, 2.75) is 32.2 Å². The Morgan fingerprint density at radius 1 is 1.56 bits per heavy atom. The fourth-order valence-electron chi connectivity index (χ4n) is 2.74. The second kappa shape index (κ2) is 4.41. The van der Waals surface area contributed by atoms with Crippen molar-refractivity contribution >= 4 is 11.9 Å². The molecule has 0 aliphatic carbocycles. The molecule has 1 aliphatic rings. The molecule has 92 valence electrons. The van der Waals surface area contributed by atoms with Gasteiger partial charge < -0.3 is 15.1 Å². The van der Waals surface area contributed by atoms with Gasteiger partial charge >= 0.3 is 5.97 Å². The van der Waals surface area contributed by atoms with Gasteiger partial charge in [-0.2, -0.15) is 0 Å². The van der Waals surface area contributed by atoms with Crippen LogP contribution in [-0.4, -0.2) is 46.2 Å². The molecule has 0 aromatic carbocycles. The van der Waals surface area contributed by atoms with Gasteiger partial charge in [0.2, 0.25) is 5.91 Å². The Hall–Kier alpha value is -1.10. The van der Waals surface area contributed by atoms with E-state index in [0.717, 1.165) is 0 Å². The van der Waals surface area contributed by atoms with Gasteiger partial charge in [0.25, 0.3) is 0 Å². The predicted octanol–water partition coefficient (Wildman–Crippen LogP) is 0.326. The summed E-state index contributed by atoms with van der Waals surface area (Å²) in [6.07, 6.45) is 0.952. The monoisotopic (exact) mass is 229 g/mol. The number of carboxylic acid groups (broad SMARTS) is 1. The van der Waals surface area contributed by atoms with Crippen molar-refractivity contribution in [1.29, 1.82) is 0 Å². The number of carboxylic acids is 1. The van der Waals surface area contributed by atoms with Crippen LogP contribution in [-0.2, 0) is 9.59 Å². The van der Waals surface area contributed by atoms with Crippen LogP contribution in [0.3, 0.4) is 0 Å². The van der Waals surface area contributed by atoms with Crippen LogP contribution in [0.1, 0.15) is 26.7 Å². The lowest BCUT2D eigenvalue weighted by Crippen LogP contribution is -2.51. The highest BCUT2D eigenvalue weighted by molar-refractivity contribution is 5.92. The molecule has 1 aliphatic heterocycles. The van der Waals surface area contributed by atoms with Crippen LogP contribution in [0.2, 0.25) is 0 Å². The molecule has 1 fully saturated rings. The van der Waals surface area contributed by atoms with Crippen LogP contribution >= 0.6 is 0 Å². The van der Waals surface area contributed by atoms with Crippen LogP contribution in [0, 0.1) is 11.8 Å². The van der Waals surface area contributed by atoms with E-state index in [4.69, 9.17) is 5.11 Å². The van der Waals surface area contributed by atoms with E-state index in [1.165, 1.54) is 11.9 Å². The summed E-state index contributed by atoms with van der Waals surface area (Å²) < 4.78 is 0. The summed E-state index contributed by atoms with van der Waals surface area (Å²) in [5.74, 6) is -1.77. The molecule has 0 spiro atoms. The van der Waals surface area contributed by atoms with Crippen molar-refractivity contribution in [1.82, 2.24) is 4.90 Å². The molecule has 1 heterocycles. The number of aliphatic carboxylic acids is 1. The van der Waals surface area contributed by atoms with E-state index in [9.17, 15) is 14.7 Å². The number of likely N-dealkylation sites (N-methyl/N-ethyl adjacent to an activating group) is 1. The third-order valence-corrected chi connectivity index (χ3v) is 3.87. The number of rotatable bonds is 4. The number of carbonyl (C=O) groups excluding carboxylic acids is 1. The largest absolute Gasteiger partial charge is 0.479 e. The Morgan fingerprint density at radius 3 is 2.50 bits per heavy atom. The van der Waals surface area contributed by atoms with Crippen molar-refractivity contribution in [3.8, 4) is 0 Å². The normalized spacial score (nSPS) is 34.5. The maximum atomic E-state index is 11.9. The molecule has 1 rings (SSSR count). The van der Waals surface area contributed by atoms with E-state index in [0.29, 0.717) is 12.8 Å². The van der Waals surface area contributed by atoms with Crippen molar-refractivity contribution < 1.29 is 19.8 Å². The van der Waals surface area contributed by atoms with Gasteiger partial charge in [-0.05, 0) is 19.8 Å². The fourth-order valence-corrected chi connectivity index (χ4v) is 2.74. The molecular weight excluding hydrogens is 210 g/mol. The molecular formula is C11H19NO4. The first-order valence-corrected chi connectivity index (χ1v) is 5.53. The first-order chi connectivity index (χ1) is 7.41. The van der Waals surface area contributed by atoms with E-state index >= 15 is 0 Å². The predicted molar refractivity (Wildman–Crippen MR) is 57.8 cm³/mol. The zero-order valence-corrected chi connectivity index (χ0v) is 9.93. The van der Waals surface area contributed by atoms with E-state index in [-0.39, 0.29) is 24.3 Å². The third-order valence-electron chi connectivity index (χ3n) is 3.87. The van der Waals surface area contributed by atoms with Gasteiger partial charge in [0, 0.05) is 25.5 Å². The van der Waals surface area contributed by atoms with Crippen molar-refractivity contribution in [2.24, 2.45) is 11.8 Å². The lowest BCUT2D eigenvalue weighted by molar-refractivity contribution is -0.153. The molecule has 0 bridgehead atoms. The summed E-state index contributed by atoms with van der Waals surface area (Å²) in [6, 6.07) is 0. The van der Waals surface area contributed by atoms with Gasteiger partial charge in [0.15, 0.2) is 0 Å². The molecule has 0 radical (unpaired) electrons. The smallest absolute Gasteiger partial charge is 0.329 e. The Balaban J connectivity index is 3.11. The summed E-state index contributed by atoms with van der Waals surface area (Å²) in [6.45, 7) is 3.37. The lowest BCUT2D eigenvalue weighted by Gasteiger charge is -2.32. The molecule has 0 saturated carbocycles. The highest BCUT2D eigenvalue weighted by atomic mass is 16.4. The highest BCUT2D eigenvalue weighted by Gasteiger charge is 2.57. The molecule has 0 aromatic heterocycles. The number of aliphatic hydroxyl groups excluding tert-OH is 1. The topological polar surface area (TPSA) is 77.8 Å². The molecule has 2 N–H and O–H groups in total. The Kier molecular flexibility index (Phi) is 3.57. The number of aliphatic hydroxyl groups is 1. The maximum absolute atomic E-state index is 11.9. The number of hydrogen-bond donors (Lipinski definition) is 2. The summed E-state index contributed by atoms with van der Waals surface area (Å²) in [5.41, 5.74) is -1.15. The number of nitrogens with zero attached hydrogens (tertiary/aromatic N) is 1. The van der Waals surface area contributed by atoms with Crippen molar-refractivity contribution in [3.63, 3.8) is 0 Å². The number of likely N-dealkylation sites (tertiary alicyclic amines) is 1. The van der Waals surface area contributed by atoms with Gasteiger partial charge in [-0.15, -0.1) is 0 Å². The highest BCUT2D eigenvalue weighted by Crippen LogP contribution is 2.42. The minimum absolute atomic E-state index is 0.0869. The number of carbonyl (C=O) groups is 2. The first-order valence-electron chi connectivity index (χ1n) is 5.53. The SMILES string of the molecule is CC[C@@H]1[C@@H](CCO)C(=O)N(C)[C@]1(C)C(=O)O. The first kappa shape index (κ1) is 13.0. The van der Waals surface area contributed by atoms with Crippen LogP contribution < -0.4 is 0 Å². The second-order valence-electron chi connectivity index (χ2n) is 4.48. The fraction of sp³-hybridized carbons (Fsp3) is 0.818. The second-order valence-corrected chi connectivity index (χ2v) is 4.48. The lowest BCUT2D eigenvalue weighted by atomic mass is 9.78. The van der Waals surface area contributed by atoms with E-state index < -0.39 is 11.5 Å². The quantitative estimate of drug-likeness (QED) is 0.728. The zero-order chi connectivity index (χ0) is 12.5. The standard InChI is InChI=1S/C11H19NO4/c1-4-8-7(5-6-13)9(14)12(3)11(8,2)10(15)16/h7-8,13H,4-6H2,1-3H3,(H,15,16)/t7-,8-,11+/m1/s1. The van der Waals surface area contributed by atoms with Crippen LogP contribution in [0.25, 0.3) is 0 Å². The van der Waals surface area contributed by atoms with Gasteiger partial charge in [0.05, 0.1) is 0 Å². The molecule has 5 nitrogen and oxygen atoms in total. The van der Waals surface area contributed by atoms with Gasteiger partial charge in [-0.25, -0.2) is 4.79 Å². The number of hydrogen-bond acceptors (Lipinski definition) is 3. The minimum Gasteiger partial charge on any atom is -0.479 e. The van der Waals surface area contributed by atoms with Gasteiger partial charge in [0.1, 0.15) is 5.54 Å². The molecule has 5 heteroatoms. The van der Waals surface area contributed by atoms with E-state index in [1.54, 1.807) is 6.92 Å². The van der Waals surface area contributed by atoms with E-state index in [2.05, 4.69) is 0 Å². The maximum Gasteiger partial charge on any atom is 0.329 e. The Labute approximate surface area is 95.1 Å². The average Bonchev–Trinajstić information content (AvgIpc) is 2.42. The molecule has 1 amide bonds. The Morgan fingerprint density at radius 2 is 2.12 bits per heavy atom. The van der Waals surface area contributed by atoms with Crippen LogP contribution in [0.4, 0.5) is 0 Å². The van der Waals surface area contributed by atoms with Crippen LogP contribution in [0.15, 0.2) is 0 Å². The zero-order valence-electron chi connectivity index (χ0n) is 9.93. The third kappa shape index (κ3) is 1.59. The minimum atomic E-state index is -1.15. The van der Waals surface area contributed by atoms with Crippen LogP contribution in [0.5, 0.6) is 0 Å². The molecule has 3 atom stereocenters. The average molecular weight is 229 g/mol. The molecule has 0 unspecified atom stereocenters. The van der Waals surface area contributed by atoms with Crippen molar-refractivity contribution in [3.05, 3.63) is 0 Å². The summed E-state index contributed by atoms with van der Waals surface area (Å²) in [7, 11) is 1.52. The van der Waals surface area contributed by atoms with Crippen molar-refractivity contribution in [2.75, 3.05) is 13.7 Å². The van der Waals surface area contributed by atoms with Gasteiger partial charge in [-0.3, -0.25) is 4.79 Å². The summed E-state index contributed by atoms with van der Waals surface area (Å²) in [5, 5.41) is 18.2.